The zero-order valence-corrected chi connectivity index (χ0v) is 16.6. The minimum absolute atomic E-state index is 0.0454. The lowest BCUT2D eigenvalue weighted by Crippen LogP contribution is -2.70. The summed E-state index contributed by atoms with van der Waals surface area (Å²) in [6, 6.07) is 4.22. The van der Waals surface area contributed by atoms with Gasteiger partial charge in [-0.3, -0.25) is 18.9 Å². The van der Waals surface area contributed by atoms with Crippen LogP contribution in [0.1, 0.15) is 19.4 Å². The minimum Gasteiger partial charge on any atom is -0.480 e. The maximum atomic E-state index is 12.4. The molecule has 0 aromatic heterocycles. The molecular weight excluding hydrogens is 410 g/mol. The maximum absolute atomic E-state index is 12.4. The molecule has 12 heteroatoms. The van der Waals surface area contributed by atoms with Crippen LogP contribution in [0.4, 0.5) is 5.69 Å². The van der Waals surface area contributed by atoms with Gasteiger partial charge in [0.1, 0.15) is 17.5 Å². The summed E-state index contributed by atoms with van der Waals surface area (Å²) in [7, 11) is -4.50. The zero-order chi connectivity index (χ0) is 20.9. The lowest BCUT2D eigenvalue weighted by molar-refractivity contribution is -0.161. The first-order valence-electron chi connectivity index (χ1n) is 8.26. The van der Waals surface area contributed by atoms with Gasteiger partial charge in [-0.1, -0.05) is 18.2 Å². The second kappa shape index (κ2) is 6.94. The number of nitrogens with zero attached hydrogens (tertiary/aromatic N) is 1. The highest BCUT2D eigenvalue weighted by molar-refractivity contribution is 8.01. The summed E-state index contributed by atoms with van der Waals surface area (Å²) in [5.74, 6) is -2.09. The molecule has 0 spiro atoms. The smallest absolute Gasteiger partial charge is 0.357 e. The van der Waals surface area contributed by atoms with Crippen LogP contribution in [-0.2, 0) is 31.1 Å². The number of nitrogens with one attached hydrogen (secondary N) is 2. The number of carboxylic acid groups (broad SMARTS) is 1. The molecule has 1 aromatic carbocycles. The average Bonchev–Trinajstić information content (AvgIpc) is 2.81. The molecule has 152 valence electrons. The fourth-order valence-electron chi connectivity index (χ4n) is 3.46. The largest absolute Gasteiger partial charge is 0.480 e. The first-order valence-corrected chi connectivity index (χ1v) is 10.6. The highest BCUT2D eigenvalue weighted by atomic mass is 32.2. The summed E-state index contributed by atoms with van der Waals surface area (Å²) in [5.41, 5.74) is 0.355. The topological polar surface area (TPSA) is 153 Å². The molecule has 0 bridgehead atoms. The third-order valence-corrected chi connectivity index (χ3v) is 6.65. The molecule has 0 saturated carbocycles. The van der Waals surface area contributed by atoms with Crippen LogP contribution >= 0.6 is 11.8 Å². The molecule has 3 rings (SSSR count). The number of carboxylic acids is 1. The van der Waals surface area contributed by atoms with Gasteiger partial charge in [-0.05, 0) is 25.5 Å². The number of β-lactam (4-membered cyclic amide) rings is 1. The fourth-order valence-corrected chi connectivity index (χ4v) is 5.56. The van der Waals surface area contributed by atoms with Crippen molar-refractivity contribution in [3.05, 3.63) is 29.8 Å². The van der Waals surface area contributed by atoms with Gasteiger partial charge in [0.15, 0.2) is 0 Å². The molecule has 2 aliphatic rings. The van der Waals surface area contributed by atoms with E-state index in [0.29, 0.717) is 5.56 Å². The van der Waals surface area contributed by atoms with Crippen molar-refractivity contribution in [1.82, 2.24) is 10.2 Å². The van der Waals surface area contributed by atoms with E-state index in [0.717, 1.165) is 0 Å². The van der Waals surface area contributed by atoms with E-state index in [2.05, 4.69) is 5.32 Å². The molecule has 1 aromatic rings. The van der Waals surface area contributed by atoms with Gasteiger partial charge >= 0.3 is 16.3 Å². The molecule has 1 unspecified atom stereocenters. The van der Waals surface area contributed by atoms with E-state index in [9.17, 15) is 27.9 Å². The standard InChI is InChI=1S/C16H19N3O7S2/c1-16(2)12(15(22)23)19-13(21)11(14(19)27-16)17-10(20)7-8-5-3-4-6-9(8)18-28(24,25)26/h3-6,11-12,14,18H,7H2,1-2H3,(H,17,20)(H,22,23)(H,24,25,26)/t11?,12-,14+/m0/s1. The van der Waals surface area contributed by atoms with E-state index in [1.54, 1.807) is 19.9 Å². The van der Waals surface area contributed by atoms with E-state index in [-0.39, 0.29) is 12.1 Å². The Morgan fingerprint density at radius 1 is 1.29 bits per heavy atom. The van der Waals surface area contributed by atoms with Crippen molar-refractivity contribution in [2.24, 2.45) is 0 Å². The number of hydrogen-bond donors (Lipinski definition) is 4. The van der Waals surface area contributed by atoms with Crippen molar-refractivity contribution >= 4 is 45.5 Å². The molecular formula is C16H19N3O7S2. The van der Waals surface area contributed by atoms with Crippen molar-refractivity contribution in [3.8, 4) is 0 Å². The van der Waals surface area contributed by atoms with Gasteiger partial charge in [0.2, 0.25) is 11.8 Å². The number of fused-ring (bicyclic) bond motifs is 1. The summed E-state index contributed by atoms with van der Waals surface area (Å²) >= 11 is 1.31. The summed E-state index contributed by atoms with van der Waals surface area (Å²) in [4.78, 5) is 37.6. The second-order valence-electron chi connectivity index (χ2n) is 7.05. The van der Waals surface area contributed by atoms with Gasteiger partial charge in [-0.25, -0.2) is 4.79 Å². The maximum Gasteiger partial charge on any atom is 0.357 e. The predicted molar refractivity (Wildman–Crippen MR) is 101 cm³/mol. The van der Waals surface area contributed by atoms with Crippen molar-refractivity contribution in [2.75, 3.05) is 4.72 Å². The summed E-state index contributed by atoms with van der Waals surface area (Å²) in [6.07, 6.45) is -0.231. The Bertz CT molecular complexity index is 947. The van der Waals surface area contributed by atoms with Gasteiger partial charge in [0.05, 0.1) is 12.1 Å². The highest BCUT2D eigenvalue weighted by Crippen LogP contribution is 2.50. The van der Waals surface area contributed by atoms with Crippen LogP contribution in [0.15, 0.2) is 24.3 Å². The summed E-state index contributed by atoms with van der Waals surface area (Å²) in [5, 5.41) is 11.5. The van der Waals surface area contributed by atoms with E-state index in [1.165, 1.54) is 34.9 Å². The Balaban J connectivity index is 1.69. The van der Waals surface area contributed by atoms with Crippen molar-refractivity contribution < 1.29 is 32.5 Å². The van der Waals surface area contributed by atoms with E-state index in [1.807, 2.05) is 4.72 Å². The van der Waals surface area contributed by atoms with Crippen molar-refractivity contribution in [1.29, 1.82) is 0 Å². The molecule has 0 aliphatic carbocycles. The van der Waals surface area contributed by atoms with Crippen molar-refractivity contribution in [2.45, 2.75) is 42.5 Å². The average molecular weight is 429 g/mol. The van der Waals surface area contributed by atoms with Crippen LogP contribution in [0.5, 0.6) is 0 Å². The monoisotopic (exact) mass is 429 g/mol. The summed E-state index contributed by atoms with van der Waals surface area (Å²) < 4.78 is 32.2. The fraction of sp³-hybridized carbons (Fsp3) is 0.438. The number of carbonyl (C=O) groups excluding carboxylic acids is 2. The highest BCUT2D eigenvalue weighted by Gasteiger charge is 2.64. The molecule has 0 radical (unpaired) electrons. The van der Waals surface area contributed by atoms with Crippen LogP contribution < -0.4 is 10.0 Å². The predicted octanol–water partition coefficient (Wildman–Crippen LogP) is 0.0755. The number of thioether (sulfide) groups is 1. The molecule has 2 fully saturated rings. The number of carbonyl (C=O) groups is 3. The van der Waals surface area contributed by atoms with Gasteiger partial charge in [-0.15, -0.1) is 11.8 Å². The molecule has 28 heavy (non-hydrogen) atoms. The normalized spacial score (nSPS) is 25.6. The number of benzene rings is 1. The number of hydrogen-bond acceptors (Lipinski definition) is 6. The quantitative estimate of drug-likeness (QED) is 0.366. The molecule has 2 saturated heterocycles. The molecule has 4 N–H and O–H groups in total. The number of rotatable bonds is 6. The molecule has 10 nitrogen and oxygen atoms in total. The lowest BCUT2D eigenvalue weighted by Gasteiger charge is -2.43. The third-order valence-electron chi connectivity index (χ3n) is 4.60. The van der Waals surface area contributed by atoms with Crippen molar-refractivity contribution in [3.63, 3.8) is 0 Å². The number of anilines is 1. The Morgan fingerprint density at radius 2 is 1.93 bits per heavy atom. The first-order chi connectivity index (χ1) is 12.9. The number of amides is 2. The zero-order valence-electron chi connectivity index (χ0n) is 14.9. The van der Waals surface area contributed by atoms with Gasteiger partial charge in [-0.2, -0.15) is 8.42 Å². The molecule has 2 amide bonds. The van der Waals surface area contributed by atoms with Crippen LogP contribution in [0.25, 0.3) is 0 Å². The van der Waals surface area contributed by atoms with Crippen LogP contribution in [-0.4, -0.2) is 63.0 Å². The molecule has 2 aliphatic heterocycles. The third kappa shape index (κ3) is 3.80. The van der Waals surface area contributed by atoms with E-state index in [4.69, 9.17) is 4.55 Å². The number of para-hydroxylation sites is 1. The van der Waals surface area contributed by atoms with Gasteiger partial charge < -0.3 is 15.3 Å². The molecule has 3 atom stereocenters. The summed E-state index contributed by atoms with van der Waals surface area (Å²) in [6.45, 7) is 3.47. The van der Waals surface area contributed by atoms with Gasteiger partial charge in [0, 0.05) is 4.75 Å². The Kier molecular flexibility index (Phi) is 5.06. The van der Waals surface area contributed by atoms with Crippen LogP contribution in [0.2, 0.25) is 0 Å². The first kappa shape index (κ1) is 20.4. The second-order valence-corrected chi connectivity index (χ2v) is 9.98. The van der Waals surface area contributed by atoms with E-state index < -0.39 is 50.3 Å². The Morgan fingerprint density at radius 3 is 2.54 bits per heavy atom. The van der Waals surface area contributed by atoms with Crippen LogP contribution in [0.3, 0.4) is 0 Å². The lowest BCUT2D eigenvalue weighted by atomic mass is 9.96. The SMILES string of the molecule is CC1(C)S[C@@H]2C(NC(=O)Cc3ccccc3NS(=O)(=O)O)C(=O)N2[C@H]1C(=O)O. The Hall–Kier alpha value is -2.31. The molecule has 2 heterocycles. The van der Waals surface area contributed by atoms with Gasteiger partial charge in [0.25, 0.3) is 0 Å². The number of aliphatic carboxylic acids is 1. The van der Waals surface area contributed by atoms with Crippen LogP contribution in [0, 0.1) is 0 Å². The Labute approximate surface area is 165 Å². The van der Waals surface area contributed by atoms with E-state index >= 15 is 0 Å². The minimum atomic E-state index is -4.50.